The van der Waals surface area contributed by atoms with E-state index in [1.807, 2.05) is 24.3 Å². The number of methoxy groups -OCH3 is 1. The highest BCUT2D eigenvalue weighted by molar-refractivity contribution is 5.96. The first-order valence-electron chi connectivity index (χ1n) is 6.88. The Labute approximate surface area is 129 Å². The van der Waals surface area contributed by atoms with Crippen molar-refractivity contribution in [3.8, 4) is 5.75 Å². The largest absolute Gasteiger partial charge is 0.496 e. The second kappa shape index (κ2) is 7.26. The molecule has 2 N–H and O–H groups in total. The summed E-state index contributed by atoms with van der Waals surface area (Å²) >= 11 is 0. The number of nitrogens with one attached hydrogen (secondary N) is 2. The number of carbonyl (C=O) groups excluding carboxylic acids is 2. The summed E-state index contributed by atoms with van der Waals surface area (Å²) < 4.78 is 5.25. The molecule has 0 fully saturated rings. The Morgan fingerprint density at radius 2 is 1.86 bits per heavy atom. The van der Waals surface area contributed by atoms with Gasteiger partial charge in [-0.15, -0.1) is 0 Å². The maximum Gasteiger partial charge on any atom is 0.251 e. The summed E-state index contributed by atoms with van der Waals surface area (Å²) in [5, 5.41) is 5.49. The number of hydrogen-bond acceptors (Lipinski definition) is 3. The summed E-state index contributed by atoms with van der Waals surface area (Å²) in [6, 6.07) is 14.3. The molecule has 0 spiro atoms. The van der Waals surface area contributed by atoms with E-state index in [9.17, 15) is 9.59 Å². The number of benzene rings is 2. The maximum absolute atomic E-state index is 12.2. The van der Waals surface area contributed by atoms with Crippen molar-refractivity contribution in [2.45, 2.75) is 13.5 Å². The Bertz CT molecular complexity index is 683. The molecule has 0 saturated carbocycles. The molecule has 2 aromatic carbocycles. The zero-order valence-corrected chi connectivity index (χ0v) is 12.6. The van der Waals surface area contributed by atoms with E-state index in [-0.39, 0.29) is 11.8 Å². The quantitative estimate of drug-likeness (QED) is 0.891. The van der Waals surface area contributed by atoms with Crippen LogP contribution in [0.25, 0.3) is 0 Å². The number of para-hydroxylation sites is 1. The average molecular weight is 298 g/mol. The van der Waals surface area contributed by atoms with Crippen molar-refractivity contribution in [1.82, 2.24) is 5.32 Å². The zero-order chi connectivity index (χ0) is 15.9. The molecule has 0 heterocycles. The predicted octanol–water partition coefficient (Wildman–Crippen LogP) is 2.58. The molecule has 0 aliphatic heterocycles. The lowest BCUT2D eigenvalue weighted by Gasteiger charge is -2.10. The van der Waals surface area contributed by atoms with Gasteiger partial charge in [0.1, 0.15) is 5.75 Å². The van der Waals surface area contributed by atoms with E-state index in [1.54, 1.807) is 31.4 Å². The van der Waals surface area contributed by atoms with Gasteiger partial charge in [0.2, 0.25) is 5.91 Å². The lowest BCUT2D eigenvalue weighted by Crippen LogP contribution is -2.23. The molecule has 2 aromatic rings. The van der Waals surface area contributed by atoms with Gasteiger partial charge in [0.05, 0.1) is 7.11 Å². The van der Waals surface area contributed by atoms with Crippen LogP contribution in [0, 0.1) is 0 Å². The topological polar surface area (TPSA) is 67.4 Å². The third-order valence-electron chi connectivity index (χ3n) is 3.08. The molecular weight excluding hydrogens is 280 g/mol. The minimum Gasteiger partial charge on any atom is -0.496 e. The SMILES string of the molecule is COc1ccccc1CNC(=O)c1cccc(NC(C)=O)c1. The molecular formula is C17H18N2O3. The molecule has 2 amide bonds. The normalized spacial score (nSPS) is 9.91. The summed E-state index contributed by atoms with van der Waals surface area (Å²) in [6.07, 6.45) is 0. The summed E-state index contributed by atoms with van der Waals surface area (Å²) in [6.45, 7) is 1.79. The lowest BCUT2D eigenvalue weighted by atomic mass is 10.1. The van der Waals surface area contributed by atoms with E-state index < -0.39 is 0 Å². The van der Waals surface area contributed by atoms with E-state index in [0.29, 0.717) is 17.8 Å². The monoisotopic (exact) mass is 298 g/mol. The molecule has 0 aromatic heterocycles. The highest BCUT2D eigenvalue weighted by Gasteiger charge is 2.08. The van der Waals surface area contributed by atoms with Crippen LogP contribution in [-0.4, -0.2) is 18.9 Å². The molecule has 0 unspecified atom stereocenters. The number of hydrogen-bond donors (Lipinski definition) is 2. The molecule has 0 atom stereocenters. The van der Waals surface area contributed by atoms with Crippen molar-refractivity contribution >= 4 is 17.5 Å². The first-order chi connectivity index (χ1) is 10.6. The molecule has 0 aliphatic rings. The highest BCUT2D eigenvalue weighted by atomic mass is 16.5. The van der Waals surface area contributed by atoms with Gasteiger partial charge < -0.3 is 15.4 Å². The fourth-order valence-electron chi connectivity index (χ4n) is 2.07. The van der Waals surface area contributed by atoms with E-state index >= 15 is 0 Å². The van der Waals surface area contributed by atoms with Gasteiger partial charge >= 0.3 is 0 Å². The Hall–Kier alpha value is -2.82. The predicted molar refractivity (Wildman–Crippen MR) is 84.9 cm³/mol. The third-order valence-corrected chi connectivity index (χ3v) is 3.08. The van der Waals surface area contributed by atoms with E-state index in [1.165, 1.54) is 6.92 Å². The third kappa shape index (κ3) is 4.09. The van der Waals surface area contributed by atoms with Gasteiger partial charge in [0, 0.05) is 30.3 Å². The first kappa shape index (κ1) is 15.6. The van der Waals surface area contributed by atoms with Crippen LogP contribution in [0.4, 0.5) is 5.69 Å². The molecule has 0 radical (unpaired) electrons. The molecule has 0 aliphatic carbocycles. The van der Waals surface area contributed by atoms with Crippen LogP contribution in [-0.2, 0) is 11.3 Å². The van der Waals surface area contributed by atoms with Crippen LogP contribution in [0.15, 0.2) is 48.5 Å². The minimum absolute atomic E-state index is 0.174. The van der Waals surface area contributed by atoms with Gasteiger partial charge in [-0.3, -0.25) is 9.59 Å². The second-order valence-electron chi connectivity index (χ2n) is 4.76. The summed E-state index contributed by atoms with van der Waals surface area (Å²) in [5.74, 6) is 0.347. The number of amides is 2. The van der Waals surface area contributed by atoms with Gasteiger partial charge in [0.15, 0.2) is 0 Å². The second-order valence-corrected chi connectivity index (χ2v) is 4.76. The van der Waals surface area contributed by atoms with Crippen LogP contribution in [0.5, 0.6) is 5.75 Å². The highest BCUT2D eigenvalue weighted by Crippen LogP contribution is 2.17. The standard InChI is InChI=1S/C17H18N2O3/c1-12(20)19-15-8-5-7-13(10-15)17(21)18-11-14-6-3-4-9-16(14)22-2/h3-10H,11H2,1-2H3,(H,18,21)(H,19,20). The summed E-state index contributed by atoms with van der Waals surface area (Å²) in [7, 11) is 1.59. The number of carbonyl (C=O) groups is 2. The fourth-order valence-corrected chi connectivity index (χ4v) is 2.07. The molecule has 0 bridgehead atoms. The number of ether oxygens (including phenoxy) is 1. The van der Waals surface area contributed by atoms with Crippen molar-refractivity contribution in [3.05, 3.63) is 59.7 Å². The van der Waals surface area contributed by atoms with Gasteiger partial charge in [-0.25, -0.2) is 0 Å². The van der Waals surface area contributed by atoms with Crippen LogP contribution < -0.4 is 15.4 Å². The number of anilines is 1. The molecule has 5 heteroatoms. The molecule has 114 valence electrons. The maximum atomic E-state index is 12.2. The molecule has 5 nitrogen and oxygen atoms in total. The average Bonchev–Trinajstić information content (AvgIpc) is 2.52. The van der Waals surface area contributed by atoms with E-state index in [0.717, 1.165) is 11.3 Å². The molecule has 0 saturated heterocycles. The fraction of sp³-hybridized carbons (Fsp3) is 0.176. The van der Waals surface area contributed by atoms with Crippen LogP contribution in [0.2, 0.25) is 0 Å². The van der Waals surface area contributed by atoms with Crippen LogP contribution in [0.3, 0.4) is 0 Å². The van der Waals surface area contributed by atoms with Gasteiger partial charge in [-0.05, 0) is 24.3 Å². The summed E-state index contributed by atoms with van der Waals surface area (Å²) in [4.78, 5) is 23.2. The smallest absolute Gasteiger partial charge is 0.251 e. The van der Waals surface area contributed by atoms with Crippen LogP contribution in [0.1, 0.15) is 22.8 Å². The Morgan fingerprint density at radius 1 is 1.09 bits per heavy atom. The molecule has 22 heavy (non-hydrogen) atoms. The van der Waals surface area contributed by atoms with Crippen molar-refractivity contribution < 1.29 is 14.3 Å². The van der Waals surface area contributed by atoms with Crippen molar-refractivity contribution in [2.24, 2.45) is 0 Å². The Kier molecular flexibility index (Phi) is 5.14. The van der Waals surface area contributed by atoms with E-state index in [2.05, 4.69) is 10.6 Å². The first-order valence-corrected chi connectivity index (χ1v) is 6.88. The minimum atomic E-state index is -0.210. The van der Waals surface area contributed by atoms with Crippen molar-refractivity contribution in [1.29, 1.82) is 0 Å². The molecule has 2 rings (SSSR count). The Morgan fingerprint density at radius 3 is 2.59 bits per heavy atom. The van der Waals surface area contributed by atoms with Crippen molar-refractivity contribution in [2.75, 3.05) is 12.4 Å². The zero-order valence-electron chi connectivity index (χ0n) is 12.6. The Balaban J connectivity index is 2.04. The van der Waals surface area contributed by atoms with Gasteiger partial charge in [0.25, 0.3) is 5.91 Å². The summed E-state index contributed by atoms with van der Waals surface area (Å²) in [5.41, 5.74) is 1.98. The van der Waals surface area contributed by atoms with Gasteiger partial charge in [-0.1, -0.05) is 24.3 Å². The van der Waals surface area contributed by atoms with Gasteiger partial charge in [-0.2, -0.15) is 0 Å². The van der Waals surface area contributed by atoms with E-state index in [4.69, 9.17) is 4.74 Å². The number of rotatable bonds is 5. The lowest BCUT2D eigenvalue weighted by molar-refractivity contribution is -0.114. The van der Waals surface area contributed by atoms with Crippen molar-refractivity contribution in [3.63, 3.8) is 0 Å². The van der Waals surface area contributed by atoms with Crippen LogP contribution >= 0.6 is 0 Å².